The Morgan fingerprint density at radius 1 is 1.33 bits per heavy atom. The summed E-state index contributed by atoms with van der Waals surface area (Å²) in [7, 11) is 0. The second-order valence-electron chi connectivity index (χ2n) is 3.94. The van der Waals surface area contributed by atoms with E-state index in [0.717, 1.165) is 24.8 Å². The molecule has 0 amide bonds. The van der Waals surface area contributed by atoms with Gasteiger partial charge in [0.15, 0.2) is 0 Å². The average Bonchev–Trinajstić information content (AvgIpc) is 2.29. The molecule has 2 nitrogen and oxygen atoms in total. The van der Waals surface area contributed by atoms with E-state index in [1.807, 2.05) is 12.3 Å². The van der Waals surface area contributed by atoms with Gasteiger partial charge in [-0.15, -0.1) is 0 Å². The van der Waals surface area contributed by atoms with Crippen molar-refractivity contribution in [2.45, 2.75) is 52.1 Å². The molecule has 1 N–H and O–H groups in total. The zero-order valence-corrected chi connectivity index (χ0v) is 9.74. The van der Waals surface area contributed by atoms with Gasteiger partial charge in [0, 0.05) is 12.4 Å². The van der Waals surface area contributed by atoms with Gasteiger partial charge in [-0.2, -0.15) is 0 Å². The van der Waals surface area contributed by atoms with E-state index in [4.69, 9.17) is 0 Å². The minimum atomic E-state index is -0.311. The predicted molar refractivity (Wildman–Crippen MR) is 62.7 cm³/mol. The number of aromatic nitrogens is 1. The molecule has 0 spiro atoms. The largest absolute Gasteiger partial charge is 0.388 e. The van der Waals surface area contributed by atoms with Crippen LogP contribution in [0.15, 0.2) is 18.5 Å². The van der Waals surface area contributed by atoms with Crippen molar-refractivity contribution in [1.82, 2.24) is 4.98 Å². The Morgan fingerprint density at radius 3 is 2.80 bits per heavy atom. The van der Waals surface area contributed by atoms with Crippen molar-refractivity contribution in [3.63, 3.8) is 0 Å². The number of pyridine rings is 1. The Hall–Kier alpha value is -0.890. The molecule has 84 valence electrons. The Kier molecular flexibility index (Phi) is 5.33. The fourth-order valence-corrected chi connectivity index (χ4v) is 1.80. The van der Waals surface area contributed by atoms with Crippen molar-refractivity contribution in [2.24, 2.45) is 0 Å². The lowest BCUT2D eigenvalue weighted by Crippen LogP contribution is -2.02. The van der Waals surface area contributed by atoms with Crippen molar-refractivity contribution in [3.8, 4) is 0 Å². The molecule has 1 heterocycles. The summed E-state index contributed by atoms with van der Waals surface area (Å²) in [6.07, 6.45) is 8.61. The van der Waals surface area contributed by atoms with Crippen LogP contribution in [0, 0.1) is 0 Å². The standard InChI is InChI=1S/C13H21NO/c1-3-5-6-7-13(15)12-8-9-14-10-11(12)4-2/h8-10,13,15H,3-7H2,1-2H3. The summed E-state index contributed by atoms with van der Waals surface area (Å²) in [5.41, 5.74) is 2.23. The van der Waals surface area contributed by atoms with E-state index in [1.54, 1.807) is 6.20 Å². The van der Waals surface area contributed by atoms with Gasteiger partial charge >= 0.3 is 0 Å². The molecule has 1 aromatic rings. The Balaban J connectivity index is 2.59. The van der Waals surface area contributed by atoms with Crippen LogP contribution in [0.2, 0.25) is 0 Å². The van der Waals surface area contributed by atoms with E-state index < -0.39 is 0 Å². The average molecular weight is 207 g/mol. The van der Waals surface area contributed by atoms with Gasteiger partial charge in [0.25, 0.3) is 0 Å². The van der Waals surface area contributed by atoms with Crippen LogP contribution in [-0.4, -0.2) is 10.1 Å². The van der Waals surface area contributed by atoms with Gasteiger partial charge in [-0.3, -0.25) is 4.98 Å². The number of nitrogens with zero attached hydrogens (tertiary/aromatic N) is 1. The highest BCUT2D eigenvalue weighted by atomic mass is 16.3. The van der Waals surface area contributed by atoms with Gasteiger partial charge in [0.2, 0.25) is 0 Å². The normalized spacial score (nSPS) is 12.7. The number of aliphatic hydroxyl groups is 1. The third-order valence-corrected chi connectivity index (χ3v) is 2.76. The highest BCUT2D eigenvalue weighted by Gasteiger charge is 2.10. The Bertz CT molecular complexity index is 286. The summed E-state index contributed by atoms with van der Waals surface area (Å²) >= 11 is 0. The molecule has 2 heteroatoms. The van der Waals surface area contributed by atoms with Crippen molar-refractivity contribution < 1.29 is 5.11 Å². The van der Waals surface area contributed by atoms with E-state index in [0.29, 0.717) is 0 Å². The minimum Gasteiger partial charge on any atom is -0.388 e. The maximum Gasteiger partial charge on any atom is 0.0793 e. The van der Waals surface area contributed by atoms with E-state index in [1.165, 1.54) is 18.4 Å². The van der Waals surface area contributed by atoms with Gasteiger partial charge in [-0.1, -0.05) is 33.1 Å². The Labute approximate surface area is 92.4 Å². The van der Waals surface area contributed by atoms with Crippen molar-refractivity contribution in [2.75, 3.05) is 0 Å². The van der Waals surface area contributed by atoms with Crippen LogP contribution in [-0.2, 0) is 6.42 Å². The number of hydrogen-bond donors (Lipinski definition) is 1. The topological polar surface area (TPSA) is 33.1 Å². The van der Waals surface area contributed by atoms with Crippen molar-refractivity contribution in [3.05, 3.63) is 29.6 Å². The number of hydrogen-bond acceptors (Lipinski definition) is 2. The zero-order chi connectivity index (χ0) is 11.1. The first-order valence-corrected chi connectivity index (χ1v) is 5.90. The monoisotopic (exact) mass is 207 g/mol. The highest BCUT2D eigenvalue weighted by molar-refractivity contribution is 5.25. The second-order valence-corrected chi connectivity index (χ2v) is 3.94. The lowest BCUT2D eigenvalue weighted by molar-refractivity contribution is 0.162. The van der Waals surface area contributed by atoms with Crippen LogP contribution in [0.3, 0.4) is 0 Å². The Morgan fingerprint density at radius 2 is 2.13 bits per heavy atom. The second kappa shape index (κ2) is 6.57. The van der Waals surface area contributed by atoms with Gasteiger partial charge in [-0.05, 0) is 30.0 Å². The SMILES string of the molecule is CCCCCC(O)c1ccncc1CC. The van der Waals surface area contributed by atoms with Crippen LogP contribution >= 0.6 is 0 Å². The maximum atomic E-state index is 10.0. The quantitative estimate of drug-likeness (QED) is 0.726. The molecule has 1 aromatic heterocycles. The maximum absolute atomic E-state index is 10.0. The third kappa shape index (κ3) is 3.63. The van der Waals surface area contributed by atoms with Gasteiger partial charge < -0.3 is 5.11 Å². The summed E-state index contributed by atoms with van der Waals surface area (Å²) in [6, 6.07) is 1.94. The van der Waals surface area contributed by atoms with Gasteiger partial charge in [-0.25, -0.2) is 0 Å². The third-order valence-electron chi connectivity index (χ3n) is 2.76. The van der Waals surface area contributed by atoms with E-state index in [-0.39, 0.29) is 6.10 Å². The molecule has 0 aromatic carbocycles. The zero-order valence-electron chi connectivity index (χ0n) is 9.74. The van der Waals surface area contributed by atoms with Gasteiger partial charge in [0.1, 0.15) is 0 Å². The van der Waals surface area contributed by atoms with Crippen LogP contribution < -0.4 is 0 Å². The number of aryl methyl sites for hydroxylation is 1. The first kappa shape index (κ1) is 12.2. The van der Waals surface area contributed by atoms with Crippen molar-refractivity contribution in [1.29, 1.82) is 0 Å². The molecular formula is C13H21NO. The molecule has 0 bridgehead atoms. The molecule has 0 aliphatic heterocycles. The molecule has 1 rings (SSSR count). The summed E-state index contributed by atoms with van der Waals surface area (Å²) < 4.78 is 0. The fourth-order valence-electron chi connectivity index (χ4n) is 1.80. The number of rotatable bonds is 6. The first-order chi connectivity index (χ1) is 7.29. The summed E-state index contributed by atoms with van der Waals surface area (Å²) in [5, 5.41) is 10.0. The van der Waals surface area contributed by atoms with Crippen LogP contribution in [0.5, 0.6) is 0 Å². The summed E-state index contributed by atoms with van der Waals surface area (Å²) in [4.78, 5) is 4.08. The number of aliphatic hydroxyl groups excluding tert-OH is 1. The molecule has 0 saturated heterocycles. The van der Waals surface area contributed by atoms with Gasteiger partial charge in [0.05, 0.1) is 6.10 Å². The highest BCUT2D eigenvalue weighted by Crippen LogP contribution is 2.22. The van der Waals surface area contributed by atoms with Crippen LogP contribution in [0.4, 0.5) is 0 Å². The van der Waals surface area contributed by atoms with Crippen LogP contribution in [0.1, 0.15) is 56.8 Å². The number of unbranched alkanes of at least 4 members (excludes halogenated alkanes) is 2. The van der Waals surface area contributed by atoms with Crippen molar-refractivity contribution >= 4 is 0 Å². The van der Waals surface area contributed by atoms with E-state index in [9.17, 15) is 5.11 Å². The van der Waals surface area contributed by atoms with Crippen LogP contribution in [0.25, 0.3) is 0 Å². The lowest BCUT2D eigenvalue weighted by atomic mass is 9.99. The molecule has 0 fully saturated rings. The molecule has 15 heavy (non-hydrogen) atoms. The molecule has 0 aliphatic carbocycles. The minimum absolute atomic E-state index is 0.311. The predicted octanol–water partition coefficient (Wildman–Crippen LogP) is 3.26. The lowest BCUT2D eigenvalue weighted by Gasteiger charge is -2.13. The van der Waals surface area contributed by atoms with E-state index in [2.05, 4.69) is 18.8 Å². The van der Waals surface area contributed by atoms with E-state index >= 15 is 0 Å². The molecule has 1 unspecified atom stereocenters. The summed E-state index contributed by atoms with van der Waals surface area (Å²) in [6.45, 7) is 4.27. The molecular weight excluding hydrogens is 186 g/mol. The summed E-state index contributed by atoms with van der Waals surface area (Å²) in [5.74, 6) is 0. The molecule has 0 saturated carbocycles. The fraction of sp³-hybridized carbons (Fsp3) is 0.615. The molecule has 0 aliphatic rings. The smallest absolute Gasteiger partial charge is 0.0793 e. The molecule has 1 atom stereocenters. The molecule has 0 radical (unpaired) electrons. The first-order valence-electron chi connectivity index (χ1n) is 5.90.